The van der Waals surface area contributed by atoms with Gasteiger partial charge >= 0.3 is 5.97 Å². The van der Waals surface area contributed by atoms with Gasteiger partial charge in [-0.1, -0.05) is 24.3 Å². The van der Waals surface area contributed by atoms with Crippen LogP contribution in [-0.2, 0) is 16.0 Å². The number of aliphatic hydroxyl groups is 1. The van der Waals surface area contributed by atoms with Gasteiger partial charge in [0.15, 0.2) is 5.60 Å². The summed E-state index contributed by atoms with van der Waals surface area (Å²) in [7, 11) is 0. The zero-order valence-electron chi connectivity index (χ0n) is 12.1. The normalized spacial score (nSPS) is 20.2. The largest absolute Gasteiger partial charge is 0.479 e. The number of fused-ring (bicyclic) bond motifs is 1. The summed E-state index contributed by atoms with van der Waals surface area (Å²) < 4.78 is 0. The molecule has 2 rings (SSSR count). The molecule has 3 N–H and O–H groups in total. The van der Waals surface area contributed by atoms with Crippen LogP contribution in [0.15, 0.2) is 24.3 Å². The van der Waals surface area contributed by atoms with Gasteiger partial charge in [0.25, 0.3) is 0 Å². The number of carboxylic acid groups (broad SMARTS) is 1. The molecule has 2 unspecified atom stereocenters. The highest BCUT2D eigenvalue weighted by molar-refractivity contribution is 5.80. The Labute approximate surface area is 124 Å². The zero-order valence-corrected chi connectivity index (χ0v) is 12.1. The predicted octanol–water partition coefficient (Wildman–Crippen LogP) is 1.45. The summed E-state index contributed by atoms with van der Waals surface area (Å²) in [6.45, 7) is 0.890. The van der Waals surface area contributed by atoms with Crippen LogP contribution < -0.4 is 5.32 Å². The van der Waals surface area contributed by atoms with Crippen LogP contribution in [0.5, 0.6) is 0 Å². The minimum absolute atomic E-state index is 0.171. The third kappa shape index (κ3) is 3.82. The number of nitrogens with one attached hydrogen (secondary N) is 1. The van der Waals surface area contributed by atoms with Gasteiger partial charge in [0.1, 0.15) is 0 Å². The fourth-order valence-corrected chi connectivity index (χ4v) is 2.71. The summed E-state index contributed by atoms with van der Waals surface area (Å²) in [6.07, 6.45) is 3.39. The lowest BCUT2D eigenvalue weighted by molar-refractivity contribution is -0.156. The summed E-state index contributed by atoms with van der Waals surface area (Å²) >= 11 is 0. The average Bonchev–Trinajstić information content (AvgIpc) is 2.45. The van der Waals surface area contributed by atoms with Crippen LogP contribution in [-0.4, -0.2) is 34.2 Å². The van der Waals surface area contributed by atoms with Crippen molar-refractivity contribution >= 4 is 11.9 Å². The van der Waals surface area contributed by atoms with E-state index in [1.54, 1.807) is 0 Å². The smallest absolute Gasteiger partial charge is 0.337 e. The summed E-state index contributed by atoms with van der Waals surface area (Å²) in [4.78, 5) is 22.8. The number of hydrogen-bond donors (Lipinski definition) is 3. The molecular weight excluding hydrogens is 270 g/mol. The quantitative estimate of drug-likeness (QED) is 0.766. The first-order valence-electron chi connectivity index (χ1n) is 7.20. The Morgan fingerprint density at radius 3 is 2.81 bits per heavy atom. The zero-order chi connectivity index (χ0) is 15.5. The molecule has 1 aromatic carbocycles. The number of carbonyl (C=O) groups excluding carboxylic acids is 1. The van der Waals surface area contributed by atoms with Crippen LogP contribution in [0.2, 0.25) is 0 Å². The molecule has 5 nitrogen and oxygen atoms in total. The molecule has 0 aromatic heterocycles. The molecule has 1 amide bonds. The Bertz CT molecular complexity index is 539. The van der Waals surface area contributed by atoms with E-state index in [4.69, 9.17) is 5.11 Å². The summed E-state index contributed by atoms with van der Waals surface area (Å²) in [6, 6.07) is 8.13. The van der Waals surface area contributed by atoms with Crippen molar-refractivity contribution in [2.24, 2.45) is 0 Å². The van der Waals surface area contributed by atoms with E-state index in [0.29, 0.717) is 6.42 Å². The predicted molar refractivity (Wildman–Crippen MR) is 78.0 cm³/mol. The molecule has 114 valence electrons. The Morgan fingerprint density at radius 1 is 1.38 bits per heavy atom. The molecule has 0 aliphatic heterocycles. The lowest BCUT2D eigenvalue weighted by atomic mass is 9.81. The highest BCUT2D eigenvalue weighted by Crippen LogP contribution is 2.33. The molecule has 0 bridgehead atoms. The second-order valence-corrected chi connectivity index (χ2v) is 5.85. The summed E-state index contributed by atoms with van der Waals surface area (Å²) in [5.74, 6) is -1.39. The van der Waals surface area contributed by atoms with Gasteiger partial charge in [0.2, 0.25) is 5.91 Å². The molecule has 0 radical (unpaired) electrons. The van der Waals surface area contributed by atoms with Gasteiger partial charge in [0.05, 0.1) is 6.54 Å². The van der Waals surface area contributed by atoms with Crippen molar-refractivity contribution in [3.8, 4) is 0 Å². The molecular formula is C16H21NO4. The average molecular weight is 291 g/mol. The van der Waals surface area contributed by atoms with Gasteiger partial charge in [-0.3, -0.25) is 4.79 Å². The third-order valence-corrected chi connectivity index (χ3v) is 4.02. The van der Waals surface area contributed by atoms with Crippen LogP contribution in [0.1, 0.15) is 43.2 Å². The van der Waals surface area contributed by atoms with Crippen LogP contribution in [0.3, 0.4) is 0 Å². The Balaban J connectivity index is 1.94. The number of rotatable bonds is 5. The molecule has 21 heavy (non-hydrogen) atoms. The molecule has 2 atom stereocenters. The topological polar surface area (TPSA) is 86.6 Å². The van der Waals surface area contributed by atoms with E-state index in [1.165, 1.54) is 18.1 Å². The van der Waals surface area contributed by atoms with Crippen molar-refractivity contribution in [2.45, 2.75) is 44.1 Å². The maximum absolute atomic E-state index is 12.0. The molecule has 0 heterocycles. The first-order chi connectivity index (χ1) is 9.90. The van der Waals surface area contributed by atoms with Gasteiger partial charge in [-0.05, 0) is 43.2 Å². The number of carboxylic acids is 1. The van der Waals surface area contributed by atoms with Crippen molar-refractivity contribution < 1.29 is 19.8 Å². The molecule has 0 fully saturated rings. The van der Waals surface area contributed by atoms with E-state index in [-0.39, 0.29) is 18.4 Å². The van der Waals surface area contributed by atoms with Gasteiger partial charge < -0.3 is 15.5 Å². The minimum atomic E-state index is -1.93. The number of aliphatic carboxylic acids is 1. The second kappa shape index (κ2) is 6.26. The van der Waals surface area contributed by atoms with Crippen LogP contribution in [0.25, 0.3) is 0 Å². The van der Waals surface area contributed by atoms with E-state index in [1.807, 2.05) is 12.1 Å². The monoisotopic (exact) mass is 291 g/mol. The van der Waals surface area contributed by atoms with Crippen LogP contribution in [0, 0.1) is 0 Å². The molecule has 5 heteroatoms. The Morgan fingerprint density at radius 2 is 2.10 bits per heavy atom. The van der Waals surface area contributed by atoms with Crippen molar-refractivity contribution in [1.29, 1.82) is 0 Å². The highest BCUT2D eigenvalue weighted by atomic mass is 16.4. The Hall–Kier alpha value is -1.88. The van der Waals surface area contributed by atoms with Gasteiger partial charge in [-0.15, -0.1) is 0 Å². The highest BCUT2D eigenvalue weighted by Gasteiger charge is 2.31. The number of amides is 1. The summed E-state index contributed by atoms with van der Waals surface area (Å²) in [5, 5.41) is 20.9. The van der Waals surface area contributed by atoms with Crippen molar-refractivity contribution in [3.05, 3.63) is 35.4 Å². The van der Waals surface area contributed by atoms with E-state index >= 15 is 0 Å². The Kier molecular flexibility index (Phi) is 4.63. The number of carbonyl (C=O) groups is 2. The van der Waals surface area contributed by atoms with E-state index in [0.717, 1.165) is 19.3 Å². The van der Waals surface area contributed by atoms with Crippen molar-refractivity contribution in [3.63, 3.8) is 0 Å². The fourth-order valence-electron chi connectivity index (χ4n) is 2.71. The fraction of sp³-hybridized carbons (Fsp3) is 0.500. The van der Waals surface area contributed by atoms with Crippen molar-refractivity contribution in [2.75, 3.05) is 6.54 Å². The van der Waals surface area contributed by atoms with Crippen LogP contribution in [0.4, 0.5) is 0 Å². The number of benzene rings is 1. The van der Waals surface area contributed by atoms with Crippen LogP contribution >= 0.6 is 0 Å². The molecule has 1 aliphatic carbocycles. The van der Waals surface area contributed by atoms with Crippen molar-refractivity contribution in [1.82, 2.24) is 5.32 Å². The molecule has 0 saturated carbocycles. The molecule has 1 aliphatic rings. The van der Waals surface area contributed by atoms with E-state index in [2.05, 4.69) is 17.4 Å². The van der Waals surface area contributed by atoms with Gasteiger partial charge in [0, 0.05) is 6.42 Å². The maximum Gasteiger partial charge on any atom is 0.337 e. The maximum atomic E-state index is 12.0. The lowest BCUT2D eigenvalue weighted by Gasteiger charge is -2.25. The standard InChI is InChI=1S/C16H21NO4/c1-16(21,15(19)20)10-17-14(18)9-12-7-4-6-11-5-2-3-8-13(11)12/h2-3,5,8,12,21H,4,6-7,9-10H2,1H3,(H,17,18)(H,19,20). The number of hydrogen-bond acceptors (Lipinski definition) is 3. The number of aryl methyl sites for hydroxylation is 1. The van der Waals surface area contributed by atoms with Gasteiger partial charge in [-0.2, -0.15) is 0 Å². The van der Waals surface area contributed by atoms with E-state index in [9.17, 15) is 14.7 Å². The third-order valence-electron chi connectivity index (χ3n) is 4.02. The molecule has 1 aromatic rings. The van der Waals surface area contributed by atoms with E-state index < -0.39 is 11.6 Å². The lowest BCUT2D eigenvalue weighted by Crippen LogP contribution is -2.46. The van der Waals surface area contributed by atoms with Gasteiger partial charge in [-0.25, -0.2) is 4.79 Å². The first-order valence-corrected chi connectivity index (χ1v) is 7.20. The minimum Gasteiger partial charge on any atom is -0.479 e. The molecule has 0 saturated heterocycles. The molecule has 0 spiro atoms. The second-order valence-electron chi connectivity index (χ2n) is 5.85. The first kappa shape index (κ1) is 15.5. The SMILES string of the molecule is CC(O)(CNC(=O)CC1CCCc2ccccc21)C(=O)O. The summed E-state index contributed by atoms with van der Waals surface area (Å²) in [5.41, 5.74) is 0.572.